The first-order chi connectivity index (χ1) is 13.6. The van der Waals surface area contributed by atoms with Gasteiger partial charge in [0.15, 0.2) is 6.61 Å². The molecule has 3 aliphatic heterocycles. The molecule has 5 nitrogen and oxygen atoms in total. The summed E-state index contributed by atoms with van der Waals surface area (Å²) in [5.74, 6) is 0.714. The van der Waals surface area contributed by atoms with Gasteiger partial charge in [-0.2, -0.15) is 0 Å². The van der Waals surface area contributed by atoms with Crippen LogP contribution < -0.4 is 4.74 Å². The van der Waals surface area contributed by atoms with E-state index in [4.69, 9.17) is 21.1 Å². The summed E-state index contributed by atoms with van der Waals surface area (Å²) in [5.41, 5.74) is 0.259. The number of amides is 1. The van der Waals surface area contributed by atoms with Crippen molar-refractivity contribution in [2.45, 2.75) is 56.6 Å². The molecule has 0 aliphatic carbocycles. The second-order valence-corrected chi connectivity index (χ2v) is 8.83. The lowest BCUT2D eigenvalue weighted by molar-refractivity contribution is -0.133. The molecule has 3 fully saturated rings. The highest BCUT2D eigenvalue weighted by Crippen LogP contribution is 2.39. The Labute approximate surface area is 172 Å². The van der Waals surface area contributed by atoms with E-state index < -0.39 is 0 Å². The summed E-state index contributed by atoms with van der Waals surface area (Å²) in [6.45, 7) is 4.87. The van der Waals surface area contributed by atoms with Crippen molar-refractivity contribution in [1.29, 1.82) is 0 Å². The first kappa shape index (κ1) is 20.0. The normalized spacial score (nSPS) is 28.6. The first-order valence-corrected chi connectivity index (χ1v) is 11.1. The Balaban J connectivity index is 1.31. The summed E-state index contributed by atoms with van der Waals surface area (Å²) in [4.78, 5) is 17.4. The van der Waals surface area contributed by atoms with Gasteiger partial charge in [0.1, 0.15) is 5.75 Å². The zero-order valence-electron chi connectivity index (χ0n) is 16.6. The van der Waals surface area contributed by atoms with Crippen LogP contribution in [0.15, 0.2) is 24.3 Å². The lowest BCUT2D eigenvalue weighted by Gasteiger charge is -2.39. The number of hydrogen-bond donors (Lipinski definition) is 0. The summed E-state index contributed by atoms with van der Waals surface area (Å²) in [7, 11) is 0. The molecule has 4 rings (SSSR count). The van der Waals surface area contributed by atoms with Crippen LogP contribution in [0.4, 0.5) is 0 Å². The highest BCUT2D eigenvalue weighted by atomic mass is 35.5. The van der Waals surface area contributed by atoms with Gasteiger partial charge in [0.05, 0.1) is 6.10 Å². The molecule has 3 saturated heterocycles. The average molecular weight is 407 g/mol. The lowest BCUT2D eigenvalue weighted by atomic mass is 9.87. The molecule has 0 bridgehead atoms. The fourth-order valence-corrected chi connectivity index (χ4v) is 5.28. The van der Waals surface area contributed by atoms with Crippen LogP contribution in [-0.4, -0.2) is 66.7 Å². The monoisotopic (exact) mass is 406 g/mol. The Morgan fingerprint density at radius 1 is 1.18 bits per heavy atom. The van der Waals surface area contributed by atoms with E-state index in [2.05, 4.69) is 4.90 Å². The van der Waals surface area contributed by atoms with E-state index in [9.17, 15) is 4.79 Å². The van der Waals surface area contributed by atoms with Gasteiger partial charge in [-0.15, -0.1) is 0 Å². The van der Waals surface area contributed by atoms with Crippen LogP contribution in [0.3, 0.4) is 0 Å². The van der Waals surface area contributed by atoms with Crippen LogP contribution in [0.1, 0.15) is 44.9 Å². The Kier molecular flexibility index (Phi) is 6.44. The lowest BCUT2D eigenvalue weighted by Crippen LogP contribution is -2.48. The number of carbonyl (C=O) groups is 1. The molecule has 0 saturated carbocycles. The summed E-state index contributed by atoms with van der Waals surface area (Å²) in [6, 6.07) is 7.21. The maximum Gasteiger partial charge on any atom is 0.260 e. The van der Waals surface area contributed by atoms with Crippen LogP contribution in [0.2, 0.25) is 5.02 Å². The largest absolute Gasteiger partial charge is 0.484 e. The van der Waals surface area contributed by atoms with E-state index in [1.165, 1.54) is 38.6 Å². The van der Waals surface area contributed by atoms with Crippen LogP contribution in [0.5, 0.6) is 5.75 Å². The standard InChI is InChI=1S/C22H31ClN2O3/c23-18-5-1-6-19(15-18)28-17-21(26)24-11-3-8-22(10-13-24)9-4-12-25(22)16-20-7-2-14-27-20/h1,5-6,15,20H,2-4,7-14,16-17H2. The molecule has 1 spiro atoms. The minimum absolute atomic E-state index is 0.0701. The van der Waals surface area contributed by atoms with E-state index in [0.717, 1.165) is 39.1 Å². The molecule has 28 heavy (non-hydrogen) atoms. The molecular formula is C22H31ClN2O3. The number of ether oxygens (including phenoxy) is 2. The van der Waals surface area contributed by atoms with Crippen molar-refractivity contribution in [2.24, 2.45) is 0 Å². The predicted molar refractivity (Wildman–Crippen MR) is 110 cm³/mol. The third-order valence-corrected chi connectivity index (χ3v) is 6.85. The molecule has 1 aromatic carbocycles. The zero-order valence-corrected chi connectivity index (χ0v) is 17.3. The number of halogens is 1. The number of hydrogen-bond acceptors (Lipinski definition) is 4. The van der Waals surface area contributed by atoms with Gasteiger partial charge in [-0.25, -0.2) is 0 Å². The molecule has 0 aromatic heterocycles. The Morgan fingerprint density at radius 3 is 2.82 bits per heavy atom. The molecule has 1 amide bonds. The number of carbonyl (C=O) groups excluding carboxylic acids is 1. The zero-order chi connectivity index (χ0) is 19.4. The van der Waals surface area contributed by atoms with Gasteiger partial charge in [0.2, 0.25) is 0 Å². The van der Waals surface area contributed by atoms with Crippen LogP contribution >= 0.6 is 11.6 Å². The van der Waals surface area contributed by atoms with Crippen molar-refractivity contribution in [1.82, 2.24) is 9.80 Å². The molecular weight excluding hydrogens is 376 g/mol. The second kappa shape index (κ2) is 9.02. The average Bonchev–Trinajstić information content (AvgIpc) is 3.28. The molecule has 2 atom stereocenters. The third-order valence-electron chi connectivity index (χ3n) is 6.62. The van der Waals surface area contributed by atoms with Crippen molar-refractivity contribution in [2.75, 3.05) is 39.4 Å². The SMILES string of the molecule is O=C(COc1cccc(Cl)c1)N1CCCC2(CCCN2CC2CCCO2)CC1. The van der Waals surface area contributed by atoms with Gasteiger partial charge in [-0.1, -0.05) is 17.7 Å². The van der Waals surface area contributed by atoms with E-state index in [-0.39, 0.29) is 18.1 Å². The molecule has 1 aromatic rings. The Bertz CT molecular complexity index is 680. The predicted octanol–water partition coefficient (Wildman–Crippen LogP) is 3.74. The fraction of sp³-hybridized carbons (Fsp3) is 0.682. The number of benzene rings is 1. The number of nitrogens with zero attached hydrogens (tertiary/aromatic N) is 2. The summed E-state index contributed by atoms with van der Waals surface area (Å²) >= 11 is 5.99. The van der Waals surface area contributed by atoms with Crippen molar-refractivity contribution in [3.8, 4) is 5.75 Å². The number of rotatable bonds is 5. The van der Waals surface area contributed by atoms with Crippen LogP contribution in [-0.2, 0) is 9.53 Å². The molecule has 6 heteroatoms. The van der Waals surface area contributed by atoms with Gasteiger partial charge in [-0.05, 0) is 69.7 Å². The maximum absolute atomic E-state index is 12.7. The number of likely N-dealkylation sites (tertiary alicyclic amines) is 2. The van der Waals surface area contributed by atoms with Gasteiger partial charge in [0, 0.05) is 36.8 Å². The van der Waals surface area contributed by atoms with Crippen molar-refractivity contribution < 1.29 is 14.3 Å². The summed E-state index contributed by atoms with van der Waals surface area (Å²) in [6.07, 6.45) is 8.60. The van der Waals surface area contributed by atoms with E-state index in [1.807, 2.05) is 17.0 Å². The summed E-state index contributed by atoms with van der Waals surface area (Å²) in [5, 5.41) is 0.620. The van der Waals surface area contributed by atoms with Gasteiger partial charge < -0.3 is 14.4 Å². The van der Waals surface area contributed by atoms with Crippen molar-refractivity contribution >= 4 is 17.5 Å². The molecule has 3 heterocycles. The molecule has 154 valence electrons. The van der Waals surface area contributed by atoms with Gasteiger partial charge in [0.25, 0.3) is 5.91 Å². The van der Waals surface area contributed by atoms with Crippen LogP contribution in [0.25, 0.3) is 0 Å². The van der Waals surface area contributed by atoms with Crippen LogP contribution in [0, 0.1) is 0 Å². The van der Waals surface area contributed by atoms with E-state index >= 15 is 0 Å². The highest BCUT2D eigenvalue weighted by molar-refractivity contribution is 6.30. The Hall–Kier alpha value is -1.30. The molecule has 2 unspecified atom stereocenters. The first-order valence-electron chi connectivity index (χ1n) is 10.7. The van der Waals surface area contributed by atoms with Gasteiger partial charge in [-0.3, -0.25) is 9.69 Å². The Morgan fingerprint density at radius 2 is 2.04 bits per heavy atom. The quantitative estimate of drug-likeness (QED) is 0.746. The second-order valence-electron chi connectivity index (χ2n) is 8.39. The van der Waals surface area contributed by atoms with Crippen molar-refractivity contribution in [3.05, 3.63) is 29.3 Å². The maximum atomic E-state index is 12.7. The van der Waals surface area contributed by atoms with Crippen molar-refractivity contribution in [3.63, 3.8) is 0 Å². The smallest absolute Gasteiger partial charge is 0.260 e. The van der Waals surface area contributed by atoms with E-state index in [1.54, 1.807) is 12.1 Å². The van der Waals surface area contributed by atoms with E-state index in [0.29, 0.717) is 16.9 Å². The fourth-order valence-electron chi connectivity index (χ4n) is 5.10. The topological polar surface area (TPSA) is 42.0 Å². The van der Waals surface area contributed by atoms with Gasteiger partial charge >= 0.3 is 0 Å². The summed E-state index contributed by atoms with van der Waals surface area (Å²) < 4.78 is 11.6. The molecule has 3 aliphatic rings. The molecule has 0 N–H and O–H groups in total. The highest BCUT2D eigenvalue weighted by Gasteiger charge is 2.43. The third kappa shape index (κ3) is 4.64. The minimum atomic E-state index is 0.0701. The minimum Gasteiger partial charge on any atom is -0.484 e. The molecule has 0 radical (unpaired) electrons.